The Morgan fingerprint density at radius 2 is 1.95 bits per heavy atom. The second-order valence-electron chi connectivity index (χ2n) is 4.77. The highest BCUT2D eigenvalue weighted by atomic mass is 79.9. The maximum Gasteiger partial charge on any atom is 0.318 e. The van der Waals surface area contributed by atoms with Crippen LogP contribution < -0.4 is 0 Å². The second kappa shape index (κ2) is 7.51. The first-order chi connectivity index (χ1) is 10.4. The average Bonchev–Trinajstić information content (AvgIpc) is 2.49. The minimum atomic E-state index is -3.85. The van der Waals surface area contributed by atoms with E-state index in [2.05, 4.69) is 15.9 Å². The van der Waals surface area contributed by atoms with Crippen molar-refractivity contribution < 1.29 is 23.1 Å². The lowest BCUT2D eigenvalue weighted by molar-refractivity contribution is -0.137. The predicted molar refractivity (Wildman–Crippen MR) is 83.5 cm³/mol. The lowest BCUT2D eigenvalue weighted by atomic mass is 10.2. The van der Waals surface area contributed by atoms with Crippen molar-refractivity contribution >= 4 is 32.1 Å². The van der Waals surface area contributed by atoms with Gasteiger partial charge in [-0.25, -0.2) is 0 Å². The van der Waals surface area contributed by atoms with Crippen LogP contribution >= 0.6 is 15.9 Å². The fraction of sp³-hybridized carbons (Fsp3) is 0.462. The molecular weight excluding hydrogens is 376 g/mol. The minimum absolute atomic E-state index is 0.00653. The Morgan fingerprint density at radius 3 is 2.55 bits per heavy atom. The van der Waals surface area contributed by atoms with Crippen LogP contribution in [0.15, 0.2) is 28.7 Å². The first kappa shape index (κ1) is 17.4. The molecular formula is C13H17BrN2O5S. The molecule has 1 saturated heterocycles. The number of hydrogen-bond donors (Lipinski definition) is 1. The molecule has 0 atom stereocenters. The van der Waals surface area contributed by atoms with Gasteiger partial charge >= 0.3 is 5.97 Å². The SMILES string of the molecule is O=C(O)CN(Cc1ccccc1Br)S(=O)(=O)N1CCOCC1. The van der Waals surface area contributed by atoms with E-state index in [0.29, 0.717) is 18.8 Å². The van der Waals surface area contributed by atoms with Crippen LogP contribution in [0.25, 0.3) is 0 Å². The van der Waals surface area contributed by atoms with Gasteiger partial charge in [-0.05, 0) is 11.6 Å². The molecule has 7 nitrogen and oxygen atoms in total. The molecule has 1 aromatic carbocycles. The van der Waals surface area contributed by atoms with Gasteiger partial charge in [0.1, 0.15) is 6.54 Å². The first-order valence-electron chi connectivity index (χ1n) is 6.69. The van der Waals surface area contributed by atoms with Crippen molar-refractivity contribution in [3.63, 3.8) is 0 Å². The van der Waals surface area contributed by atoms with Gasteiger partial charge in [0, 0.05) is 24.1 Å². The van der Waals surface area contributed by atoms with Crippen LogP contribution in [0, 0.1) is 0 Å². The fourth-order valence-electron chi connectivity index (χ4n) is 2.13. The van der Waals surface area contributed by atoms with Gasteiger partial charge in [-0.1, -0.05) is 34.1 Å². The molecule has 0 amide bonds. The number of halogens is 1. The second-order valence-corrected chi connectivity index (χ2v) is 7.56. The number of aliphatic carboxylic acids is 1. The molecule has 1 aromatic rings. The molecule has 1 aliphatic rings. The van der Waals surface area contributed by atoms with Crippen LogP contribution in [0.2, 0.25) is 0 Å². The van der Waals surface area contributed by atoms with Crippen LogP contribution in [-0.2, 0) is 26.3 Å². The van der Waals surface area contributed by atoms with Gasteiger partial charge in [0.05, 0.1) is 13.2 Å². The van der Waals surface area contributed by atoms with Crippen molar-refractivity contribution in [2.45, 2.75) is 6.54 Å². The molecule has 1 aliphatic heterocycles. The summed E-state index contributed by atoms with van der Waals surface area (Å²) in [6.45, 7) is 0.502. The van der Waals surface area contributed by atoms with Crippen LogP contribution in [0.1, 0.15) is 5.56 Å². The van der Waals surface area contributed by atoms with Crippen LogP contribution in [0.4, 0.5) is 0 Å². The quantitative estimate of drug-likeness (QED) is 0.777. The number of carbonyl (C=O) groups is 1. The number of carboxylic acid groups (broad SMARTS) is 1. The molecule has 0 radical (unpaired) electrons. The van der Waals surface area contributed by atoms with Gasteiger partial charge in [-0.2, -0.15) is 17.0 Å². The Hall–Kier alpha value is -1.00. The highest BCUT2D eigenvalue weighted by Crippen LogP contribution is 2.21. The first-order valence-corrected chi connectivity index (χ1v) is 8.88. The van der Waals surface area contributed by atoms with Crippen molar-refractivity contribution in [3.8, 4) is 0 Å². The highest BCUT2D eigenvalue weighted by Gasteiger charge is 2.32. The monoisotopic (exact) mass is 392 g/mol. The lowest BCUT2D eigenvalue weighted by Crippen LogP contribution is -2.49. The van der Waals surface area contributed by atoms with Crippen molar-refractivity contribution in [1.82, 2.24) is 8.61 Å². The number of hydrogen-bond acceptors (Lipinski definition) is 4. The van der Waals surface area contributed by atoms with E-state index in [1.807, 2.05) is 6.07 Å². The summed E-state index contributed by atoms with van der Waals surface area (Å²) in [5.74, 6) is -1.19. The number of nitrogens with zero attached hydrogens (tertiary/aromatic N) is 2. The molecule has 0 aromatic heterocycles. The standard InChI is InChI=1S/C13H17BrN2O5S/c14-12-4-2-1-3-11(12)9-16(10-13(17)18)22(19,20)15-5-7-21-8-6-15/h1-4H,5-10H2,(H,17,18). The van der Waals surface area contributed by atoms with E-state index in [1.54, 1.807) is 18.2 Å². The number of ether oxygens (including phenoxy) is 1. The highest BCUT2D eigenvalue weighted by molar-refractivity contribution is 9.10. The summed E-state index contributed by atoms with van der Waals surface area (Å²) in [6, 6.07) is 7.13. The number of benzene rings is 1. The topological polar surface area (TPSA) is 87.2 Å². The Kier molecular flexibility index (Phi) is 5.93. The summed E-state index contributed by atoms with van der Waals surface area (Å²) in [6.07, 6.45) is 0. The molecule has 0 aliphatic carbocycles. The van der Waals surface area contributed by atoms with Crippen molar-refractivity contribution in [1.29, 1.82) is 0 Å². The lowest BCUT2D eigenvalue weighted by Gasteiger charge is -2.31. The molecule has 22 heavy (non-hydrogen) atoms. The van der Waals surface area contributed by atoms with E-state index in [4.69, 9.17) is 9.84 Å². The van der Waals surface area contributed by atoms with Crippen molar-refractivity contribution in [3.05, 3.63) is 34.3 Å². The number of rotatable bonds is 6. The molecule has 1 fully saturated rings. The summed E-state index contributed by atoms with van der Waals surface area (Å²) < 4.78 is 33.4. The third-order valence-electron chi connectivity index (χ3n) is 3.24. The normalized spacial score (nSPS) is 16.8. The summed E-state index contributed by atoms with van der Waals surface area (Å²) >= 11 is 3.35. The fourth-order valence-corrected chi connectivity index (χ4v) is 4.05. The van der Waals surface area contributed by atoms with E-state index in [-0.39, 0.29) is 19.6 Å². The molecule has 0 bridgehead atoms. The van der Waals surface area contributed by atoms with Crippen LogP contribution in [0.5, 0.6) is 0 Å². The number of morpholine rings is 1. The van der Waals surface area contributed by atoms with Gasteiger partial charge in [0.2, 0.25) is 0 Å². The van der Waals surface area contributed by atoms with E-state index in [1.165, 1.54) is 4.31 Å². The maximum absolute atomic E-state index is 12.7. The zero-order chi connectivity index (χ0) is 16.2. The average molecular weight is 393 g/mol. The van der Waals surface area contributed by atoms with E-state index in [0.717, 1.165) is 8.78 Å². The molecule has 0 spiro atoms. The summed E-state index contributed by atoms with van der Waals surface area (Å²) in [7, 11) is -3.85. The smallest absolute Gasteiger partial charge is 0.318 e. The summed E-state index contributed by atoms with van der Waals surface area (Å²) in [4.78, 5) is 11.1. The molecule has 0 unspecified atom stereocenters. The van der Waals surface area contributed by atoms with E-state index < -0.39 is 22.7 Å². The zero-order valence-electron chi connectivity index (χ0n) is 11.8. The van der Waals surface area contributed by atoms with Gasteiger partial charge in [-0.3, -0.25) is 4.79 Å². The van der Waals surface area contributed by atoms with E-state index >= 15 is 0 Å². The molecule has 122 valence electrons. The van der Waals surface area contributed by atoms with Crippen molar-refractivity contribution in [2.24, 2.45) is 0 Å². The molecule has 1 heterocycles. The summed E-state index contributed by atoms with van der Waals surface area (Å²) in [5, 5.41) is 9.03. The minimum Gasteiger partial charge on any atom is -0.480 e. The largest absolute Gasteiger partial charge is 0.480 e. The van der Waals surface area contributed by atoms with Gasteiger partial charge in [0.25, 0.3) is 10.2 Å². The molecule has 1 N–H and O–H groups in total. The Labute approximate surface area is 137 Å². The molecule has 9 heteroatoms. The molecule has 2 rings (SSSR count). The Morgan fingerprint density at radius 1 is 1.32 bits per heavy atom. The van der Waals surface area contributed by atoms with Crippen molar-refractivity contribution in [2.75, 3.05) is 32.8 Å². The zero-order valence-corrected chi connectivity index (χ0v) is 14.2. The van der Waals surface area contributed by atoms with Gasteiger partial charge < -0.3 is 9.84 Å². The number of carboxylic acids is 1. The van der Waals surface area contributed by atoms with Gasteiger partial charge in [-0.15, -0.1) is 0 Å². The third kappa shape index (κ3) is 4.26. The van der Waals surface area contributed by atoms with E-state index in [9.17, 15) is 13.2 Å². The Balaban J connectivity index is 2.25. The van der Waals surface area contributed by atoms with Crippen LogP contribution in [0.3, 0.4) is 0 Å². The van der Waals surface area contributed by atoms with Gasteiger partial charge in [0.15, 0.2) is 0 Å². The van der Waals surface area contributed by atoms with Crippen LogP contribution in [-0.4, -0.2) is 61.0 Å². The third-order valence-corrected chi connectivity index (χ3v) is 5.94. The predicted octanol–water partition coefficient (Wildman–Crippen LogP) is 0.913. The summed E-state index contributed by atoms with van der Waals surface area (Å²) in [5.41, 5.74) is 0.709. The Bertz CT molecular complexity index is 631. The maximum atomic E-state index is 12.7. The molecule has 0 saturated carbocycles.